The van der Waals surface area contributed by atoms with Gasteiger partial charge in [0.05, 0.1) is 0 Å². The summed E-state index contributed by atoms with van der Waals surface area (Å²) in [7, 11) is 0. The number of rotatable bonds is 5. The number of benzene rings is 2. The summed E-state index contributed by atoms with van der Waals surface area (Å²) in [5.41, 5.74) is 1.33. The number of ether oxygens (including phenoxy) is 1. The van der Waals surface area contributed by atoms with Crippen molar-refractivity contribution < 1.29 is 18.3 Å². The molecule has 3 rings (SSSR count). The minimum Gasteiger partial charge on any atom is -0.484 e. The SMILES string of the molecule is O=C(COc1ccc(F)c(F)c1)N1CCC(Cc2ccccc2)CC1. The lowest BCUT2D eigenvalue weighted by Crippen LogP contribution is -2.41. The highest BCUT2D eigenvalue weighted by Gasteiger charge is 2.23. The van der Waals surface area contributed by atoms with Crippen molar-refractivity contribution in [3.63, 3.8) is 0 Å². The van der Waals surface area contributed by atoms with E-state index in [9.17, 15) is 13.6 Å². The topological polar surface area (TPSA) is 29.5 Å². The Morgan fingerprint density at radius 2 is 1.76 bits per heavy atom. The lowest BCUT2D eigenvalue weighted by Gasteiger charge is -2.32. The molecule has 0 bridgehead atoms. The van der Waals surface area contributed by atoms with Gasteiger partial charge in [-0.15, -0.1) is 0 Å². The van der Waals surface area contributed by atoms with Crippen LogP contribution in [-0.2, 0) is 11.2 Å². The summed E-state index contributed by atoms with van der Waals surface area (Å²) in [6.45, 7) is 1.25. The van der Waals surface area contributed by atoms with Gasteiger partial charge in [0.1, 0.15) is 5.75 Å². The highest BCUT2D eigenvalue weighted by Crippen LogP contribution is 2.22. The summed E-state index contributed by atoms with van der Waals surface area (Å²) in [6.07, 6.45) is 2.96. The Morgan fingerprint density at radius 1 is 1.04 bits per heavy atom. The predicted octanol–water partition coefficient (Wildman–Crippen LogP) is 3.82. The number of likely N-dealkylation sites (tertiary alicyclic amines) is 1. The molecule has 1 amide bonds. The number of hydrogen-bond donors (Lipinski definition) is 0. The van der Waals surface area contributed by atoms with E-state index in [2.05, 4.69) is 12.1 Å². The third-order valence-corrected chi connectivity index (χ3v) is 4.59. The molecular weight excluding hydrogens is 324 g/mol. The zero-order chi connectivity index (χ0) is 17.6. The Morgan fingerprint density at radius 3 is 2.44 bits per heavy atom. The third kappa shape index (κ3) is 4.78. The lowest BCUT2D eigenvalue weighted by atomic mass is 9.90. The van der Waals surface area contributed by atoms with E-state index >= 15 is 0 Å². The molecule has 2 aromatic rings. The number of carbonyl (C=O) groups excluding carboxylic acids is 1. The molecule has 0 atom stereocenters. The maximum Gasteiger partial charge on any atom is 0.260 e. The van der Waals surface area contributed by atoms with Gasteiger partial charge < -0.3 is 9.64 Å². The number of nitrogens with zero attached hydrogens (tertiary/aromatic N) is 1. The van der Waals surface area contributed by atoms with Crippen molar-refractivity contribution in [2.75, 3.05) is 19.7 Å². The van der Waals surface area contributed by atoms with Gasteiger partial charge in [0.15, 0.2) is 18.2 Å². The Labute approximate surface area is 146 Å². The first-order valence-electron chi connectivity index (χ1n) is 8.51. The van der Waals surface area contributed by atoms with Gasteiger partial charge in [0.25, 0.3) is 5.91 Å². The fourth-order valence-electron chi connectivity index (χ4n) is 3.14. The summed E-state index contributed by atoms with van der Waals surface area (Å²) in [5, 5.41) is 0. The molecule has 2 aromatic carbocycles. The van der Waals surface area contributed by atoms with Crippen molar-refractivity contribution in [1.82, 2.24) is 4.90 Å². The van der Waals surface area contributed by atoms with Crippen LogP contribution in [0.5, 0.6) is 5.75 Å². The van der Waals surface area contributed by atoms with Crippen LogP contribution in [0.15, 0.2) is 48.5 Å². The second-order valence-corrected chi connectivity index (χ2v) is 6.38. The second-order valence-electron chi connectivity index (χ2n) is 6.38. The molecule has 0 N–H and O–H groups in total. The number of hydrogen-bond acceptors (Lipinski definition) is 2. The molecule has 0 aliphatic carbocycles. The van der Waals surface area contributed by atoms with Crippen LogP contribution in [0.3, 0.4) is 0 Å². The molecule has 0 unspecified atom stereocenters. The average Bonchev–Trinajstić information content (AvgIpc) is 2.64. The first-order valence-corrected chi connectivity index (χ1v) is 8.51. The van der Waals surface area contributed by atoms with Gasteiger partial charge in [-0.3, -0.25) is 4.79 Å². The van der Waals surface area contributed by atoms with Crippen molar-refractivity contribution >= 4 is 5.91 Å². The molecule has 25 heavy (non-hydrogen) atoms. The highest BCUT2D eigenvalue weighted by molar-refractivity contribution is 5.77. The largest absolute Gasteiger partial charge is 0.484 e. The van der Waals surface area contributed by atoms with Crippen LogP contribution >= 0.6 is 0 Å². The van der Waals surface area contributed by atoms with Crippen molar-refractivity contribution in [1.29, 1.82) is 0 Å². The Bertz CT molecular complexity index is 713. The summed E-state index contributed by atoms with van der Waals surface area (Å²) >= 11 is 0. The normalized spacial score (nSPS) is 15.2. The van der Waals surface area contributed by atoms with Crippen molar-refractivity contribution in [3.8, 4) is 5.75 Å². The van der Waals surface area contributed by atoms with E-state index in [1.54, 1.807) is 4.90 Å². The highest BCUT2D eigenvalue weighted by atomic mass is 19.2. The quantitative estimate of drug-likeness (QED) is 0.824. The number of piperidine rings is 1. The van der Waals surface area contributed by atoms with Crippen LogP contribution in [0.2, 0.25) is 0 Å². The Kier molecular flexibility index (Phi) is 5.64. The molecular formula is C20H21F2NO2. The monoisotopic (exact) mass is 345 g/mol. The molecule has 132 valence electrons. The molecule has 0 saturated carbocycles. The van der Waals surface area contributed by atoms with E-state index in [-0.39, 0.29) is 18.3 Å². The van der Waals surface area contributed by atoms with Gasteiger partial charge in [-0.2, -0.15) is 0 Å². The van der Waals surface area contributed by atoms with Gasteiger partial charge in [-0.1, -0.05) is 30.3 Å². The summed E-state index contributed by atoms with van der Waals surface area (Å²) in [6, 6.07) is 13.6. The maximum atomic E-state index is 13.1. The van der Waals surface area contributed by atoms with E-state index in [4.69, 9.17) is 4.74 Å². The fraction of sp³-hybridized carbons (Fsp3) is 0.350. The Balaban J connectivity index is 1.44. The van der Waals surface area contributed by atoms with Crippen LogP contribution in [-0.4, -0.2) is 30.5 Å². The van der Waals surface area contributed by atoms with E-state index in [0.29, 0.717) is 19.0 Å². The minimum atomic E-state index is -0.980. The third-order valence-electron chi connectivity index (χ3n) is 4.59. The van der Waals surface area contributed by atoms with Crippen molar-refractivity contribution in [3.05, 3.63) is 65.7 Å². The van der Waals surface area contributed by atoms with E-state index in [1.807, 2.05) is 18.2 Å². The van der Waals surface area contributed by atoms with Crippen molar-refractivity contribution in [2.45, 2.75) is 19.3 Å². The lowest BCUT2D eigenvalue weighted by molar-refractivity contribution is -0.134. The predicted molar refractivity (Wildman–Crippen MR) is 91.3 cm³/mol. The van der Waals surface area contributed by atoms with Gasteiger partial charge in [0.2, 0.25) is 0 Å². The van der Waals surface area contributed by atoms with E-state index in [1.165, 1.54) is 11.6 Å². The standard InChI is InChI=1S/C20H21F2NO2/c21-18-7-6-17(13-19(18)22)25-14-20(24)23-10-8-16(9-11-23)12-15-4-2-1-3-5-15/h1-7,13,16H,8-12,14H2. The van der Waals surface area contributed by atoms with Gasteiger partial charge in [-0.25, -0.2) is 8.78 Å². The molecule has 1 fully saturated rings. The number of halogens is 2. The van der Waals surface area contributed by atoms with Gasteiger partial charge in [-0.05, 0) is 42.9 Å². The van der Waals surface area contributed by atoms with E-state index in [0.717, 1.165) is 31.4 Å². The minimum absolute atomic E-state index is 0.122. The molecule has 0 radical (unpaired) electrons. The average molecular weight is 345 g/mol. The zero-order valence-electron chi connectivity index (χ0n) is 14.0. The smallest absolute Gasteiger partial charge is 0.260 e. The molecule has 0 aromatic heterocycles. The van der Waals surface area contributed by atoms with Crippen LogP contribution in [0.4, 0.5) is 8.78 Å². The zero-order valence-corrected chi connectivity index (χ0v) is 14.0. The first-order chi connectivity index (χ1) is 12.1. The first kappa shape index (κ1) is 17.4. The fourth-order valence-corrected chi connectivity index (χ4v) is 3.14. The number of carbonyl (C=O) groups is 1. The van der Waals surface area contributed by atoms with Gasteiger partial charge >= 0.3 is 0 Å². The van der Waals surface area contributed by atoms with Gasteiger partial charge in [0, 0.05) is 19.2 Å². The van der Waals surface area contributed by atoms with Crippen LogP contribution in [0.1, 0.15) is 18.4 Å². The maximum absolute atomic E-state index is 13.1. The molecule has 1 aliphatic heterocycles. The summed E-state index contributed by atoms with van der Waals surface area (Å²) < 4.78 is 31.3. The molecule has 1 aliphatic rings. The summed E-state index contributed by atoms with van der Waals surface area (Å²) in [4.78, 5) is 14.0. The van der Waals surface area contributed by atoms with Crippen molar-refractivity contribution in [2.24, 2.45) is 5.92 Å². The Hall–Kier alpha value is -2.43. The van der Waals surface area contributed by atoms with E-state index < -0.39 is 11.6 Å². The molecule has 3 nitrogen and oxygen atoms in total. The van der Waals surface area contributed by atoms with Crippen LogP contribution in [0, 0.1) is 17.6 Å². The number of amides is 1. The van der Waals surface area contributed by atoms with Crippen LogP contribution in [0.25, 0.3) is 0 Å². The molecule has 1 heterocycles. The van der Waals surface area contributed by atoms with Crippen LogP contribution < -0.4 is 4.74 Å². The molecule has 1 saturated heterocycles. The molecule has 5 heteroatoms. The summed E-state index contributed by atoms with van der Waals surface area (Å²) in [5.74, 6) is -1.29. The molecule has 0 spiro atoms. The second kappa shape index (κ2) is 8.10.